The second-order valence-corrected chi connectivity index (χ2v) is 9.61. The van der Waals surface area contributed by atoms with Crippen molar-refractivity contribution in [3.63, 3.8) is 0 Å². The third-order valence-corrected chi connectivity index (χ3v) is 7.15. The first-order valence-electron chi connectivity index (χ1n) is 10.9. The summed E-state index contributed by atoms with van der Waals surface area (Å²) in [4.78, 5) is 24.3. The third-order valence-electron chi connectivity index (χ3n) is 5.24. The zero-order valence-corrected chi connectivity index (χ0v) is 19.1. The Kier molecular flexibility index (Phi) is 8.81. The van der Waals surface area contributed by atoms with Crippen molar-refractivity contribution in [2.75, 3.05) is 39.4 Å². The predicted octanol–water partition coefficient (Wildman–Crippen LogP) is 1.28. The summed E-state index contributed by atoms with van der Waals surface area (Å²) in [5, 5.41) is 15.0. The van der Waals surface area contributed by atoms with Crippen molar-refractivity contribution in [1.29, 1.82) is 0 Å². The van der Waals surface area contributed by atoms with Crippen molar-refractivity contribution in [3.8, 4) is 5.75 Å². The Bertz CT molecular complexity index is 1050. The maximum atomic E-state index is 12.6. The van der Waals surface area contributed by atoms with Crippen molar-refractivity contribution in [2.45, 2.75) is 24.2 Å². The molecule has 0 spiro atoms. The lowest BCUT2D eigenvalue weighted by Crippen LogP contribution is -2.40. The number of sulfonamides is 1. The number of phenolic OH excluding ortho intramolecular Hbond substituents is 1. The molecule has 0 atom stereocenters. The van der Waals surface area contributed by atoms with Gasteiger partial charge in [-0.2, -0.15) is 4.31 Å². The first-order chi connectivity index (χ1) is 15.9. The van der Waals surface area contributed by atoms with Gasteiger partial charge in [-0.3, -0.25) is 9.59 Å². The summed E-state index contributed by atoms with van der Waals surface area (Å²) in [6.07, 6.45) is 1.35. The highest BCUT2D eigenvalue weighted by atomic mass is 32.2. The second kappa shape index (κ2) is 11.8. The number of aromatic hydroxyl groups is 1. The van der Waals surface area contributed by atoms with Crippen molar-refractivity contribution in [3.05, 3.63) is 59.7 Å². The Morgan fingerprint density at radius 3 is 2.39 bits per heavy atom. The molecule has 178 valence electrons. The molecule has 3 rings (SSSR count). The Balaban J connectivity index is 1.34. The predicted molar refractivity (Wildman–Crippen MR) is 122 cm³/mol. The van der Waals surface area contributed by atoms with Crippen LogP contribution in [0.25, 0.3) is 0 Å². The van der Waals surface area contributed by atoms with Crippen LogP contribution in [0.15, 0.2) is 53.4 Å². The van der Waals surface area contributed by atoms with Gasteiger partial charge in [0.05, 0.1) is 18.1 Å². The zero-order valence-electron chi connectivity index (χ0n) is 18.3. The molecule has 1 saturated heterocycles. The first kappa shape index (κ1) is 24.7. The van der Waals surface area contributed by atoms with Crippen LogP contribution in [0.2, 0.25) is 0 Å². The van der Waals surface area contributed by atoms with Gasteiger partial charge in [-0.05, 0) is 48.7 Å². The Hall–Kier alpha value is -2.95. The van der Waals surface area contributed by atoms with Gasteiger partial charge >= 0.3 is 0 Å². The van der Waals surface area contributed by atoms with Crippen LogP contribution in [0.1, 0.15) is 28.8 Å². The molecule has 0 aliphatic carbocycles. The van der Waals surface area contributed by atoms with Gasteiger partial charge in [-0.25, -0.2) is 8.42 Å². The van der Waals surface area contributed by atoms with E-state index < -0.39 is 10.0 Å². The zero-order chi connectivity index (χ0) is 23.7. The molecule has 1 heterocycles. The summed E-state index contributed by atoms with van der Waals surface area (Å²) in [5.74, 6) is -0.362. The summed E-state index contributed by atoms with van der Waals surface area (Å²) in [5.41, 5.74) is 1.26. The van der Waals surface area contributed by atoms with Crippen LogP contribution in [0, 0.1) is 0 Å². The van der Waals surface area contributed by atoms with Crippen molar-refractivity contribution in [1.82, 2.24) is 14.9 Å². The van der Waals surface area contributed by atoms with Crippen LogP contribution in [0.3, 0.4) is 0 Å². The lowest BCUT2D eigenvalue weighted by atomic mass is 10.1. The van der Waals surface area contributed by atoms with Crippen LogP contribution >= 0.6 is 0 Å². The molecule has 1 aliphatic rings. The van der Waals surface area contributed by atoms with Crippen LogP contribution in [0.4, 0.5) is 0 Å². The van der Waals surface area contributed by atoms with E-state index in [9.17, 15) is 23.1 Å². The Morgan fingerprint density at radius 1 is 1.00 bits per heavy atom. The van der Waals surface area contributed by atoms with Crippen LogP contribution in [-0.2, 0) is 26.0 Å². The number of rotatable bonds is 10. The Morgan fingerprint density at radius 2 is 1.70 bits per heavy atom. The average Bonchev–Trinajstić information content (AvgIpc) is 2.83. The number of aryl methyl sites for hydroxylation is 1. The van der Waals surface area contributed by atoms with Gasteiger partial charge in [0.1, 0.15) is 5.75 Å². The number of amides is 2. The summed E-state index contributed by atoms with van der Waals surface area (Å²) >= 11 is 0. The molecule has 0 bridgehead atoms. The number of morpholine rings is 1. The summed E-state index contributed by atoms with van der Waals surface area (Å²) in [6, 6.07) is 12.7. The highest BCUT2D eigenvalue weighted by Gasteiger charge is 2.26. The van der Waals surface area contributed by atoms with E-state index in [1.807, 2.05) is 0 Å². The fourth-order valence-electron chi connectivity index (χ4n) is 3.38. The van der Waals surface area contributed by atoms with Gasteiger partial charge in [-0.15, -0.1) is 0 Å². The molecule has 0 saturated carbocycles. The molecule has 0 radical (unpaired) electrons. The van der Waals surface area contributed by atoms with Crippen molar-refractivity contribution >= 4 is 21.8 Å². The van der Waals surface area contributed by atoms with E-state index in [-0.39, 0.29) is 28.9 Å². The quantitative estimate of drug-likeness (QED) is 0.445. The molecule has 1 aliphatic heterocycles. The lowest BCUT2D eigenvalue weighted by molar-refractivity contribution is -0.121. The average molecular weight is 476 g/mol. The minimum Gasteiger partial charge on any atom is -0.508 e. The van der Waals surface area contributed by atoms with E-state index in [1.165, 1.54) is 16.4 Å². The number of benzene rings is 2. The molecule has 1 fully saturated rings. The van der Waals surface area contributed by atoms with Crippen LogP contribution < -0.4 is 10.6 Å². The fourth-order valence-corrected chi connectivity index (χ4v) is 4.79. The normalized spacial score (nSPS) is 14.5. The molecule has 2 amide bonds. The van der Waals surface area contributed by atoms with E-state index in [2.05, 4.69) is 10.6 Å². The maximum absolute atomic E-state index is 12.6. The molecule has 3 N–H and O–H groups in total. The molecule has 9 nitrogen and oxygen atoms in total. The topological polar surface area (TPSA) is 125 Å². The molecule has 0 unspecified atom stereocenters. The molecular formula is C23H29N3O6S. The number of hydrogen-bond acceptors (Lipinski definition) is 6. The fraction of sp³-hybridized carbons (Fsp3) is 0.391. The molecule has 2 aromatic carbocycles. The summed E-state index contributed by atoms with van der Waals surface area (Å²) in [6.45, 7) is 2.32. The SMILES string of the molecule is O=C(CCc1ccc(S(=O)(=O)N2CCOCC2)cc1)NCCCNC(=O)c1cccc(O)c1. The van der Waals surface area contributed by atoms with E-state index in [1.54, 1.807) is 36.4 Å². The number of nitrogens with one attached hydrogen (secondary N) is 2. The van der Waals surface area contributed by atoms with Crippen molar-refractivity contribution < 1.29 is 27.9 Å². The summed E-state index contributed by atoms with van der Waals surface area (Å²) in [7, 11) is -3.52. The van der Waals surface area contributed by atoms with Gasteiger partial charge in [0.15, 0.2) is 0 Å². The first-order valence-corrected chi connectivity index (χ1v) is 12.3. The lowest BCUT2D eigenvalue weighted by Gasteiger charge is -2.26. The molecule has 33 heavy (non-hydrogen) atoms. The van der Waals surface area contributed by atoms with Crippen molar-refractivity contribution in [2.24, 2.45) is 0 Å². The number of carbonyl (C=O) groups is 2. The smallest absolute Gasteiger partial charge is 0.251 e. The third kappa shape index (κ3) is 7.28. The number of phenols is 1. The van der Waals surface area contributed by atoms with Gasteiger partial charge in [0.25, 0.3) is 5.91 Å². The van der Waals surface area contributed by atoms with Crippen LogP contribution in [-0.4, -0.2) is 69.0 Å². The van der Waals surface area contributed by atoms with Gasteiger partial charge in [0.2, 0.25) is 15.9 Å². The standard InChI is InChI=1S/C23H29N3O6S/c27-20-4-1-3-19(17-20)23(29)25-12-2-11-24-22(28)10-7-18-5-8-21(9-6-18)33(30,31)26-13-15-32-16-14-26/h1,3-6,8-9,17,27H,2,7,10-16H2,(H,24,28)(H,25,29). The largest absolute Gasteiger partial charge is 0.508 e. The van der Waals surface area contributed by atoms with E-state index >= 15 is 0 Å². The number of ether oxygens (including phenoxy) is 1. The number of nitrogens with zero attached hydrogens (tertiary/aromatic N) is 1. The van der Waals surface area contributed by atoms with Gasteiger partial charge < -0.3 is 20.5 Å². The Labute approximate surface area is 193 Å². The highest BCUT2D eigenvalue weighted by Crippen LogP contribution is 2.18. The monoisotopic (exact) mass is 475 g/mol. The van der Waals surface area contributed by atoms with E-state index in [0.717, 1.165) is 5.56 Å². The molecule has 0 aromatic heterocycles. The second-order valence-electron chi connectivity index (χ2n) is 7.67. The minimum atomic E-state index is -3.52. The van der Waals surface area contributed by atoms with E-state index in [4.69, 9.17) is 4.74 Å². The van der Waals surface area contributed by atoms with Gasteiger partial charge in [-0.1, -0.05) is 18.2 Å². The minimum absolute atomic E-state index is 0.0308. The van der Waals surface area contributed by atoms with Gasteiger partial charge in [0, 0.05) is 38.2 Å². The molecular weight excluding hydrogens is 446 g/mol. The number of carbonyl (C=O) groups excluding carboxylic acids is 2. The highest BCUT2D eigenvalue weighted by molar-refractivity contribution is 7.89. The van der Waals surface area contributed by atoms with E-state index in [0.29, 0.717) is 57.8 Å². The maximum Gasteiger partial charge on any atom is 0.251 e. The molecule has 10 heteroatoms. The molecule has 2 aromatic rings. The number of hydrogen-bond donors (Lipinski definition) is 3. The summed E-state index contributed by atoms with van der Waals surface area (Å²) < 4.78 is 31.9. The van der Waals surface area contributed by atoms with Crippen LogP contribution in [0.5, 0.6) is 5.75 Å².